The van der Waals surface area contributed by atoms with Crippen LogP contribution in [-0.4, -0.2) is 17.0 Å². The summed E-state index contributed by atoms with van der Waals surface area (Å²) in [4.78, 5) is 16.8. The molecule has 0 aliphatic carbocycles. The van der Waals surface area contributed by atoms with Gasteiger partial charge in [-0.05, 0) is 55.5 Å². The molecule has 6 heteroatoms. The first-order chi connectivity index (χ1) is 13.2. The lowest BCUT2D eigenvalue weighted by molar-refractivity contribution is -0.127. The van der Waals surface area contributed by atoms with Gasteiger partial charge in [0.1, 0.15) is 16.5 Å². The van der Waals surface area contributed by atoms with E-state index < -0.39 is 6.10 Å². The molecule has 1 unspecified atom stereocenters. The third-order valence-electron chi connectivity index (χ3n) is 4.09. The Morgan fingerprint density at radius 2 is 1.96 bits per heavy atom. The Morgan fingerprint density at radius 3 is 2.70 bits per heavy atom. The van der Waals surface area contributed by atoms with Crippen LogP contribution >= 0.6 is 11.3 Å². The Kier molecular flexibility index (Phi) is 4.89. The van der Waals surface area contributed by atoms with Crippen molar-refractivity contribution in [1.29, 1.82) is 0 Å². The highest BCUT2D eigenvalue weighted by molar-refractivity contribution is 7.21. The minimum atomic E-state index is -0.603. The molecule has 0 spiro atoms. The van der Waals surface area contributed by atoms with Crippen molar-refractivity contribution in [1.82, 2.24) is 10.3 Å². The molecule has 0 saturated heterocycles. The van der Waals surface area contributed by atoms with E-state index in [2.05, 4.69) is 16.4 Å². The van der Waals surface area contributed by atoms with Gasteiger partial charge in [0.15, 0.2) is 6.10 Å². The summed E-state index contributed by atoms with van der Waals surface area (Å²) >= 11 is 1.66. The predicted octanol–water partition coefficient (Wildman–Crippen LogP) is 4.64. The molecule has 1 N–H and O–H groups in total. The molecule has 0 fully saturated rings. The van der Waals surface area contributed by atoms with Crippen LogP contribution in [0.15, 0.2) is 71.3 Å². The SMILES string of the molecule is CC(Oc1ccc(-c2nc3ccccc3s2)cc1)C(=O)NCc1ccco1. The molecule has 0 aliphatic rings. The third-order valence-corrected chi connectivity index (χ3v) is 5.18. The quantitative estimate of drug-likeness (QED) is 0.531. The van der Waals surface area contributed by atoms with Crippen LogP contribution in [0.4, 0.5) is 0 Å². The minimum absolute atomic E-state index is 0.193. The Balaban J connectivity index is 1.39. The summed E-state index contributed by atoms with van der Waals surface area (Å²) in [5.41, 5.74) is 2.03. The van der Waals surface area contributed by atoms with E-state index in [9.17, 15) is 4.79 Å². The number of nitrogens with one attached hydrogen (secondary N) is 1. The van der Waals surface area contributed by atoms with Crippen molar-refractivity contribution in [3.05, 3.63) is 72.7 Å². The standard InChI is InChI=1S/C21H18N2O3S/c1-14(20(24)22-13-17-5-4-12-25-17)26-16-10-8-15(9-11-16)21-23-18-6-2-3-7-19(18)27-21/h2-12,14H,13H2,1H3,(H,22,24). The van der Waals surface area contributed by atoms with Crippen molar-refractivity contribution in [3.63, 3.8) is 0 Å². The van der Waals surface area contributed by atoms with Gasteiger partial charge in [0.25, 0.3) is 5.91 Å². The molecule has 27 heavy (non-hydrogen) atoms. The van der Waals surface area contributed by atoms with Gasteiger partial charge in [-0.2, -0.15) is 0 Å². The Bertz CT molecular complexity index is 1010. The fourth-order valence-electron chi connectivity index (χ4n) is 2.66. The Hall–Kier alpha value is -3.12. The van der Waals surface area contributed by atoms with Gasteiger partial charge >= 0.3 is 0 Å². The number of amides is 1. The van der Waals surface area contributed by atoms with Gasteiger partial charge in [-0.25, -0.2) is 4.98 Å². The fraction of sp³-hybridized carbons (Fsp3) is 0.143. The first kappa shape index (κ1) is 17.3. The van der Waals surface area contributed by atoms with Crippen LogP contribution in [0.1, 0.15) is 12.7 Å². The molecule has 5 nitrogen and oxygen atoms in total. The lowest BCUT2D eigenvalue weighted by atomic mass is 10.2. The van der Waals surface area contributed by atoms with E-state index in [1.807, 2.05) is 48.5 Å². The van der Waals surface area contributed by atoms with Crippen LogP contribution in [0.25, 0.3) is 20.8 Å². The van der Waals surface area contributed by atoms with E-state index in [0.717, 1.165) is 20.8 Å². The second-order valence-corrected chi connectivity index (χ2v) is 7.10. The summed E-state index contributed by atoms with van der Waals surface area (Å²) < 4.78 is 12.1. The zero-order chi connectivity index (χ0) is 18.6. The number of thiazole rings is 1. The first-order valence-electron chi connectivity index (χ1n) is 8.62. The van der Waals surface area contributed by atoms with Crippen LogP contribution < -0.4 is 10.1 Å². The topological polar surface area (TPSA) is 64.4 Å². The van der Waals surface area contributed by atoms with E-state index in [1.165, 1.54) is 0 Å². The maximum atomic E-state index is 12.1. The average molecular weight is 378 g/mol. The van der Waals surface area contributed by atoms with Gasteiger partial charge in [0, 0.05) is 5.56 Å². The smallest absolute Gasteiger partial charge is 0.261 e. The predicted molar refractivity (Wildman–Crippen MR) is 106 cm³/mol. The van der Waals surface area contributed by atoms with Crippen LogP contribution in [0.3, 0.4) is 0 Å². The van der Waals surface area contributed by atoms with Gasteiger partial charge in [0.05, 0.1) is 23.0 Å². The molecular weight excluding hydrogens is 360 g/mol. The molecule has 2 aromatic carbocycles. The van der Waals surface area contributed by atoms with Crippen LogP contribution in [0.5, 0.6) is 5.75 Å². The molecule has 1 atom stereocenters. The molecule has 2 heterocycles. The highest BCUT2D eigenvalue weighted by atomic mass is 32.1. The average Bonchev–Trinajstić information content (AvgIpc) is 3.36. The van der Waals surface area contributed by atoms with E-state index in [0.29, 0.717) is 18.1 Å². The van der Waals surface area contributed by atoms with Crippen molar-refractivity contribution in [2.45, 2.75) is 19.6 Å². The van der Waals surface area contributed by atoms with Crippen LogP contribution in [0.2, 0.25) is 0 Å². The molecule has 4 rings (SSSR count). The number of benzene rings is 2. The van der Waals surface area contributed by atoms with E-state index in [4.69, 9.17) is 9.15 Å². The van der Waals surface area contributed by atoms with Crippen molar-refractivity contribution < 1.29 is 13.9 Å². The van der Waals surface area contributed by atoms with Crippen molar-refractivity contribution in [3.8, 4) is 16.3 Å². The number of para-hydroxylation sites is 1. The summed E-state index contributed by atoms with van der Waals surface area (Å²) in [6.45, 7) is 2.06. The molecule has 0 aliphatic heterocycles. The minimum Gasteiger partial charge on any atom is -0.481 e. The maximum absolute atomic E-state index is 12.1. The number of hydrogen-bond acceptors (Lipinski definition) is 5. The van der Waals surface area contributed by atoms with Gasteiger partial charge in [0.2, 0.25) is 0 Å². The summed E-state index contributed by atoms with van der Waals surface area (Å²) in [6.07, 6.45) is 0.974. The number of carbonyl (C=O) groups is 1. The zero-order valence-electron chi connectivity index (χ0n) is 14.7. The van der Waals surface area contributed by atoms with Gasteiger partial charge in [-0.15, -0.1) is 11.3 Å². The fourth-order valence-corrected chi connectivity index (χ4v) is 3.63. The van der Waals surface area contributed by atoms with E-state index in [-0.39, 0.29) is 5.91 Å². The summed E-state index contributed by atoms with van der Waals surface area (Å²) in [7, 11) is 0. The first-order valence-corrected chi connectivity index (χ1v) is 9.43. The normalized spacial score (nSPS) is 12.0. The number of nitrogens with zero attached hydrogens (tertiary/aromatic N) is 1. The monoisotopic (exact) mass is 378 g/mol. The lowest BCUT2D eigenvalue weighted by Crippen LogP contribution is -2.35. The maximum Gasteiger partial charge on any atom is 0.261 e. The molecule has 136 valence electrons. The highest BCUT2D eigenvalue weighted by Gasteiger charge is 2.15. The summed E-state index contributed by atoms with van der Waals surface area (Å²) in [6, 6.07) is 19.3. The summed E-state index contributed by atoms with van der Waals surface area (Å²) in [5, 5.41) is 3.76. The molecular formula is C21H18N2O3S. The third kappa shape index (κ3) is 4.01. The number of ether oxygens (including phenoxy) is 1. The zero-order valence-corrected chi connectivity index (χ0v) is 15.5. The number of furan rings is 1. The summed E-state index contributed by atoms with van der Waals surface area (Å²) in [5.74, 6) is 1.15. The molecule has 0 bridgehead atoms. The second-order valence-electron chi connectivity index (χ2n) is 6.07. The highest BCUT2D eigenvalue weighted by Crippen LogP contribution is 2.31. The second kappa shape index (κ2) is 7.63. The van der Waals surface area contributed by atoms with Crippen molar-refractivity contribution in [2.75, 3.05) is 0 Å². The van der Waals surface area contributed by atoms with Crippen molar-refractivity contribution in [2.24, 2.45) is 0 Å². The Morgan fingerprint density at radius 1 is 1.15 bits per heavy atom. The van der Waals surface area contributed by atoms with Crippen LogP contribution in [0, 0.1) is 0 Å². The lowest BCUT2D eigenvalue weighted by Gasteiger charge is -2.14. The molecule has 4 aromatic rings. The number of fused-ring (bicyclic) bond motifs is 1. The molecule has 0 saturated carbocycles. The number of aromatic nitrogens is 1. The van der Waals surface area contributed by atoms with Crippen molar-refractivity contribution >= 4 is 27.5 Å². The molecule has 2 aromatic heterocycles. The molecule has 1 amide bonds. The number of rotatable bonds is 6. The number of carbonyl (C=O) groups excluding carboxylic acids is 1. The van der Waals surface area contributed by atoms with E-state index >= 15 is 0 Å². The largest absolute Gasteiger partial charge is 0.481 e. The number of hydrogen-bond donors (Lipinski definition) is 1. The van der Waals surface area contributed by atoms with Gasteiger partial charge in [-0.3, -0.25) is 4.79 Å². The van der Waals surface area contributed by atoms with Gasteiger partial charge < -0.3 is 14.5 Å². The van der Waals surface area contributed by atoms with E-state index in [1.54, 1.807) is 30.6 Å². The Labute approximate surface area is 160 Å². The van der Waals surface area contributed by atoms with Gasteiger partial charge in [-0.1, -0.05) is 12.1 Å². The van der Waals surface area contributed by atoms with Crippen LogP contribution in [-0.2, 0) is 11.3 Å². The molecule has 0 radical (unpaired) electrons.